The summed E-state index contributed by atoms with van der Waals surface area (Å²) in [6.07, 6.45) is -1.61. The zero-order chi connectivity index (χ0) is 25.2. The van der Waals surface area contributed by atoms with Gasteiger partial charge in [0.05, 0.1) is 7.11 Å². The van der Waals surface area contributed by atoms with E-state index in [0.29, 0.717) is 17.0 Å². The molecule has 2 amide bonds. The number of methoxy groups -OCH3 is 1. The third kappa shape index (κ3) is 4.91. The highest BCUT2D eigenvalue weighted by Gasteiger charge is 2.35. The number of aromatic amines is 1. The van der Waals surface area contributed by atoms with Crippen molar-refractivity contribution in [1.82, 2.24) is 10.2 Å². The Morgan fingerprint density at radius 1 is 1.12 bits per heavy atom. The van der Waals surface area contributed by atoms with E-state index in [0.717, 1.165) is 11.0 Å². The maximum atomic E-state index is 13.8. The van der Waals surface area contributed by atoms with Crippen molar-refractivity contribution < 1.29 is 28.2 Å². The van der Waals surface area contributed by atoms with E-state index in [1.54, 1.807) is 26.0 Å². The number of benzene rings is 2. The van der Waals surface area contributed by atoms with Crippen LogP contribution in [0.1, 0.15) is 43.7 Å². The van der Waals surface area contributed by atoms with Crippen LogP contribution in [0.15, 0.2) is 48.5 Å². The Morgan fingerprint density at radius 2 is 1.71 bits per heavy atom. The van der Waals surface area contributed by atoms with Gasteiger partial charge in [-0.1, -0.05) is 26.0 Å². The zero-order valence-corrected chi connectivity index (χ0v) is 19.2. The lowest BCUT2D eigenvalue weighted by Gasteiger charge is -2.27. The molecule has 0 fully saturated rings. The molecular formula is C24H26F2N4O4. The van der Waals surface area contributed by atoms with Crippen molar-refractivity contribution in [2.75, 3.05) is 12.0 Å². The molecule has 0 spiro atoms. The van der Waals surface area contributed by atoms with Gasteiger partial charge in [-0.3, -0.25) is 19.6 Å². The Labute approximate surface area is 195 Å². The molecule has 2 unspecified atom stereocenters. The number of anilines is 1. The predicted octanol–water partition coefficient (Wildman–Crippen LogP) is 2.96. The number of carbonyl (C=O) groups is 2. The van der Waals surface area contributed by atoms with Gasteiger partial charge in [0, 0.05) is 23.2 Å². The highest BCUT2D eigenvalue weighted by Crippen LogP contribution is 2.34. The van der Waals surface area contributed by atoms with E-state index in [1.807, 2.05) is 0 Å². The van der Waals surface area contributed by atoms with Gasteiger partial charge in [0.2, 0.25) is 5.91 Å². The van der Waals surface area contributed by atoms with Crippen molar-refractivity contribution >= 4 is 17.6 Å². The third-order valence-electron chi connectivity index (χ3n) is 5.77. The molecule has 0 aliphatic rings. The lowest BCUT2D eigenvalue weighted by atomic mass is 9.81. The minimum atomic E-state index is -1.61. The first-order valence-corrected chi connectivity index (χ1v) is 10.4. The molecule has 0 saturated carbocycles. The largest absolute Gasteiger partial charge is 0.497 e. The molecule has 2 aromatic carbocycles. The van der Waals surface area contributed by atoms with Crippen LogP contribution in [-0.4, -0.2) is 40.3 Å². The number of amides is 2. The van der Waals surface area contributed by atoms with Crippen LogP contribution in [0.2, 0.25) is 0 Å². The number of nitrogens with two attached hydrogens (primary N) is 1. The number of primary amides is 1. The molecular weight excluding hydrogens is 446 g/mol. The van der Waals surface area contributed by atoms with Gasteiger partial charge in [0.25, 0.3) is 5.91 Å². The number of halogens is 2. The number of aliphatic hydroxyl groups is 1. The molecule has 3 aromatic rings. The van der Waals surface area contributed by atoms with Crippen LogP contribution in [0.5, 0.6) is 5.75 Å². The summed E-state index contributed by atoms with van der Waals surface area (Å²) in [5, 5.41) is 17.6. The monoisotopic (exact) mass is 472 g/mol. The summed E-state index contributed by atoms with van der Waals surface area (Å²) >= 11 is 0. The molecule has 1 heterocycles. The highest BCUT2D eigenvalue weighted by molar-refractivity contribution is 6.02. The summed E-state index contributed by atoms with van der Waals surface area (Å²) in [6, 6.07) is 9.71. The van der Waals surface area contributed by atoms with E-state index < -0.39 is 41.0 Å². The second-order valence-corrected chi connectivity index (χ2v) is 8.39. The number of rotatable bonds is 8. The number of nitrogens with one attached hydrogen (secondary N) is 1. The number of ether oxygens (including phenoxy) is 1. The van der Waals surface area contributed by atoms with E-state index in [9.17, 15) is 23.5 Å². The minimum Gasteiger partial charge on any atom is -0.497 e. The summed E-state index contributed by atoms with van der Waals surface area (Å²) in [6.45, 7) is 4.84. The fourth-order valence-electron chi connectivity index (χ4n) is 3.51. The van der Waals surface area contributed by atoms with Gasteiger partial charge in [-0.2, -0.15) is 5.10 Å². The van der Waals surface area contributed by atoms with Crippen LogP contribution >= 0.6 is 0 Å². The Balaban J connectivity index is 1.98. The third-order valence-corrected chi connectivity index (χ3v) is 5.77. The van der Waals surface area contributed by atoms with Crippen LogP contribution in [0, 0.1) is 11.6 Å². The van der Waals surface area contributed by atoms with E-state index >= 15 is 0 Å². The van der Waals surface area contributed by atoms with Crippen molar-refractivity contribution in [2.24, 2.45) is 5.73 Å². The van der Waals surface area contributed by atoms with Gasteiger partial charge in [0.1, 0.15) is 23.4 Å². The van der Waals surface area contributed by atoms with Crippen LogP contribution in [0.4, 0.5) is 14.6 Å². The molecule has 0 saturated heterocycles. The molecule has 34 heavy (non-hydrogen) atoms. The van der Waals surface area contributed by atoms with Gasteiger partial charge in [-0.15, -0.1) is 0 Å². The Bertz CT molecular complexity index is 1170. The van der Waals surface area contributed by atoms with Crippen LogP contribution < -0.4 is 15.4 Å². The molecule has 3 rings (SSSR count). The van der Waals surface area contributed by atoms with Crippen LogP contribution in [-0.2, 0) is 15.0 Å². The maximum Gasteiger partial charge on any atom is 0.262 e. The van der Waals surface area contributed by atoms with Gasteiger partial charge in [-0.05, 0) is 42.3 Å². The molecule has 0 bridgehead atoms. The van der Waals surface area contributed by atoms with Crippen LogP contribution in [0.3, 0.4) is 0 Å². The number of aliphatic hydroxyl groups excluding tert-OH is 1. The number of aromatic nitrogens is 2. The average Bonchev–Trinajstić information content (AvgIpc) is 3.28. The van der Waals surface area contributed by atoms with Crippen molar-refractivity contribution in [3.8, 4) is 5.75 Å². The Hall–Kier alpha value is -3.79. The zero-order valence-electron chi connectivity index (χ0n) is 19.2. The van der Waals surface area contributed by atoms with Gasteiger partial charge < -0.3 is 15.6 Å². The summed E-state index contributed by atoms with van der Waals surface area (Å²) in [7, 11) is 1.49. The molecule has 2 atom stereocenters. The molecule has 4 N–H and O–H groups in total. The molecule has 180 valence electrons. The molecule has 8 nitrogen and oxygen atoms in total. The first-order chi connectivity index (χ1) is 15.9. The number of hydrogen-bond acceptors (Lipinski definition) is 5. The van der Waals surface area contributed by atoms with Crippen molar-refractivity contribution in [1.29, 1.82) is 0 Å². The summed E-state index contributed by atoms with van der Waals surface area (Å²) in [5.74, 6) is -2.55. The second-order valence-electron chi connectivity index (χ2n) is 8.39. The topological polar surface area (TPSA) is 122 Å². The maximum absolute atomic E-state index is 13.8. The summed E-state index contributed by atoms with van der Waals surface area (Å²) < 4.78 is 32.7. The molecule has 0 radical (unpaired) electrons. The standard InChI is InChI=1S/C24H26F2N4O4/c1-13(22(27)32)30(23(33)21(31)14-5-7-18(34-4)8-6-14)20-12-19(28-29-20)24(2,3)15-9-16(25)11-17(26)10-15/h5-13,21,31H,1-4H3,(H2,27,32)(H,28,29). The number of H-pyrrole nitrogens is 1. The van der Waals surface area contributed by atoms with Crippen LogP contribution in [0.25, 0.3) is 0 Å². The lowest BCUT2D eigenvalue weighted by molar-refractivity contribution is -0.130. The predicted molar refractivity (Wildman–Crippen MR) is 121 cm³/mol. The quantitative estimate of drug-likeness (QED) is 0.465. The number of nitrogens with zero attached hydrogens (tertiary/aromatic N) is 2. The molecule has 1 aromatic heterocycles. The summed E-state index contributed by atoms with van der Waals surface area (Å²) in [4.78, 5) is 26.2. The van der Waals surface area contributed by atoms with E-state index in [1.165, 1.54) is 44.4 Å². The minimum absolute atomic E-state index is 0.0174. The number of carbonyl (C=O) groups excluding carboxylic acids is 2. The molecule has 0 aliphatic heterocycles. The Kier molecular flexibility index (Phi) is 7.01. The Morgan fingerprint density at radius 3 is 2.24 bits per heavy atom. The highest BCUT2D eigenvalue weighted by atomic mass is 19.1. The van der Waals surface area contributed by atoms with Crippen molar-refractivity contribution in [2.45, 2.75) is 38.3 Å². The smallest absolute Gasteiger partial charge is 0.262 e. The molecule has 0 aliphatic carbocycles. The second kappa shape index (κ2) is 9.60. The van der Waals surface area contributed by atoms with Gasteiger partial charge >= 0.3 is 0 Å². The molecule has 10 heteroatoms. The van der Waals surface area contributed by atoms with Gasteiger partial charge in [-0.25, -0.2) is 8.78 Å². The van der Waals surface area contributed by atoms with E-state index in [2.05, 4.69) is 10.2 Å². The van der Waals surface area contributed by atoms with E-state index in [4.69, 9.17) is 10.5 Å². The average molecular weight is 472 g/mol. The lowest BCUT2D eigenvalue weighted by Crippen LogP contribution is -2.48. The summed E-state index contributed by atoms with van der Waals surface area (Å²) in [5.41, 5.74) is 5.54. The van der Waals surface area contributed by atoms with Gasteiger partial charge in [0.15, 0.2) is 11.9 Å². The van der Waals surface area contributed by atoms with Crippen molar-refractivity contribution in [3.05, 3.63) is 77.0 Å². The van der Waals surface area contributed by atoms with Crippen molar-refractivity contribution in [3.63, 3.8) is 0 Å². The SMILES string of the molecule is COc1ccc(C(O)C(=O)N(c2cc(C(C)(C)c3cc(F)cc(F)c3)[nH]n2)C(C)C(N)=O)cc1. The first kappa shape index (κ1) is 24.8. The fraction of sp³-hybridized carbons (Fsp3) is 0.292. The number of hydrogen-bond donors (Lipinski definition) is 3. The normalized spacial score (nSPS) is 13.3. The fourth-order valence-corrected chi connectivity index (χ4v) is 3.51. The first-order valence-electron chi connectivity index (χ1n) is 10.4. The van der Waals surface area contributed by atoms with E-state index in [-0.39, 0.29) is 11.4 Å².